The van der Waals surface area contributed by atoms with Crippen molar-refractivity contribution in [1.29, 1.82) is 0 Å². The largest absolute Gasteiger partial charge is 0.309 e. The summed E-state index contributed by atoms with van der Waals surface area (Å²) in [6.45, 7) is 8.79. The average molecular weight is 221 g/mol. The standard InChI is InChI=1S/C13H23N3/c1-4-8-16-12(6-7-15-16)13(14-5-2)11-9-10(11)3/h6-7,10-11,13-14H,4-5,8-9H2,1-3H3. The zero-order chi connectivity index (χ0) is 11.5. The van der Waals surface area contributed by atoms with Crippen LogP contribution in [0.15, 0.2) is 12.3 Å². The van der Waals surface area contributed by atoms with Gasteiger partial charge in [0.05, 0.1) is 11.7 Å². The van der Waals surface area contributed by atoms with Gasteiger partial charge in [-0.25, -0.2) is 0 Å². The smallest absolute Gasteiger partial charge is 0.0556 e. The van der Waals surface area contributed by atoms with Crippen LogP contribution in [-0.4, -0.2) is 16.3 Å². The van der Waals surface area contributed by atoms with Crippen LogP contribution in [0.5, 0.6) is 0 Å². The minimum Gasteiger partial charge on any atom is -0.309 e. The third-order valence-electron chi connectivity index (χ3n) is 3.53. The molecule has 1 saturated carbocycles. The number of hydrogen-bond donors (Lipinski definition) is 1. The van der Waals surface area contributed by atoms with Gasteiger partial charge in [-0.05, 0) is 37.3 Å². The first kappa shape index (κ1) is 11.6. The minimum absolute atomic E-state index is 0.508. The van der Waals surface area contributed by atoms with E-state index in [0.717, 1.165) is 31.3 Å². The van der Waals surface area contributed by atoms with Crippen molar-refractivity contribution in [1.82, 2.24) is 15.1 Å². The van der Waals surface area contributed by atoms with E-state index in [1.165, 1.54) is 12.1 Å². The molecule has 0 saturated heterocycles. The van der Waals surface area contributed by atoms with Gasteiger partial charge in [-0.2, -0.15) is 5.10 Å². The Morgan fingerprint density at radius 2 is 2.31 bits per heavy atom. The van der Waals surface area contributed by atoms with Crippen LogP contribution >= 0.6 is 0 Å². The van der Waals surface area contributed by atoms with Crippen LogP contribution in [0.4, 0.5) is 0 Å². The quantitative estimate of drug-likeness (QED) is 0.800. The molecule has 1 aliphatic rings. The lowest BCUT2D eigenvalue weighted by molar-refractivity contribution is 0.429. The Labute approximate surface area is 98.2 Å². The van der Waals surface area contributed by atoms with Crippen molar-refractivity contribution in [3.63, 3.8) is 0 Å². The highest BCUT2D eigenvalue weighted by atomic mass is 15.3. The monoisotopic (exact) mass is 221 g/mol. The van der Waals surface area contributed by atoms with Crippen LogP contribution in [-0.2, 0) is 6.54 Å². The zero-order valence-electron chi connectivity index (χ0n) is 10.6. The van der Waals surface area contributed by atoms with Gasteiger partial charge in [-0.3, -0.25) is 4.68 Å². The van der Waals surface area contributed by atoms with Gasteiger partial charge in [0.15, 0.2) is 0 Å². The Morgan fingerprint density at radius 1 is 1.56 bits per heavy atom. The zero-order valence-corrected chi connectivity index (χ0v) is 10.6. The summed E-state index contributed by atoms with van der Waals surface area (Å²) in [5.41, 5.74) is 1.37. The highest BCUT2D eigenvalue weighted by Crippen LogP contribution is 2.46. The summed E-state index contributed by atoms with van der Waals surface area (Å²) in [6, 6.07) is 2.68. The SMILES string of the molecule is CCCn1nccc1C(NCC)C1CC1C. The van der Waals surface area contributed by atoms with Crippen molar-refractivity contribution in [2.45, 2.75) is 46.2 Å². The van der Waals surface area contributed by atoms with Gasteiger partial charge in [0.1, 0.15) is 0 Å². The Hall–Kier alpha value is -0.830. The second-order valence-electron chi connectivity index (χ2n) is 4.89. The molecule has 0 spiro atoms. The van der Waals surface area contributed by atoms with Crippen LogP contribution in [0.1, 0.15) is 45.3 Å². The molecule has 0 aliphatic heterocycles. The first-order valence-corrected chi connectivity index (χ1v) is 6.53. The second-order valence-corrected chi connectivity index (χ2v) is 4.89. The van der Waals surface area contributed by atoms with E-state index in [1.54, 1.807) is 0 Å². The molecule has 1 aromatic heterocycles. The van der Waals surface area contributed by atoms with Gasteiger partial charge >= 0.3 is 0 Å². The van der Waals surface area contributed by atoms with Crippen molar-refractivity contribution >= 4 is 0 Å². The van der Waals surface area contributed by atoms with E-state index in [-0.39, 0.29) is 0 Å². The fraction of sp³-hybridized carbons (Fsp3) is 0.769. The van der Waals surface area contributed by atoms with Gasteiger partial charge in [-0.1, -0.05) is 20.8 Å². The normalized spacial score (nSPS) is 25.7. The van der Waals surface area contributed by atoms with E-state index in [0.29, 0.717) is 6.04 Å². The van der Waals surface area contributed by atoms with Gasteiger partial charge in [-0.15, -0.1) is 0 Å². The molecule has 0 radical (unpaired) electrons. The summed E-state index contributed by atoms with van der Waals surface area (Å²) in [5.74, 6) is 1.68. The molecule has 90 valence electrons. The summed E-state index contributed by atoms with van der Waals surface area (Å²) < 4.78 is 2.17. The van der Waals surface area contributed by atoms with Gasteiger partial charge in [0, 0.05) is 12.7 Å². The summed E-state index contributed by atoms with van der Waals surface area (Å²) in [5, 5.41) is 8.04. The Balaban J connectivity index is 2.14. The third kappa shape index (κ3) is 2.29. The molecule has 1 aromatic rings. The number of nitrogens with zero attached hydrogens (tertiary/aromatic N) is 2. The molecule has 1 fully saturated rings. The number of aromatic nitrogens is 2. The molecule has 1 N–H and O–H groups in total. The number of nitrogens with one attached hydrogen (secondary N) is 1. The Morgan fingerprint density at radius 3 is 2.88 bits per heavy atom. The van der Waals surface area contributed by atoms with Gasteiger partial charge in [0.2, 0.25) is 0 Å². The van der Waals surface area contributed by atoms with Crippen molar-refractivity contribution in [3.05, 3.63) is 18.0 Å². The summed E-state index contributed by atoms with van der Waals surface area (Å²) in [7, 11) is 0. The molecule has 3 nitrogen and oxygen atoms in total. The third-order valence-corrected chi connectivity index (χ3v) is 3.53. The van der Waals surface area contributed by atoms with Crippen LogP contribution in [0.2, 0.25) is 0 Å². The lowest BCUT2D eigenvalue weighted by Crippen LogP contribution is -2.26. The number of rotatable bonds is 6. The summed E-state index contributed by atoms with van der Waals surface area (Å²) >= 11 is 0. The van der Waals surface area contributed by atoms with Crippen molar-refractivity contribution in [2.24, 2.45) is 11.8 Å². The molecule has 3 heteroatoms. The molecule has 1 aliphatic carbocycles. The summed E-state index contributed by atoms with van der Waals surface area (Å²) in [4.78, 5) is 0. The lowest BCUT2D eigenvalue weighted by Gasteiger charge is -2.19. The Kier molecular flexibility index (Phi) is 3.64. The fourth-order valence-electron chi connectivity index (χ4n) is 2.52. The highest BCUT2D eigenvalue weighted by Gasteiger charge is 2.40. The average Bonchev–Trinajstić information content (AvgIpc) is 2.80. The lowest BCUT2D eigenvalue weighted by atomic mass is 10.1. The van der Waals surface area contributed by atoms with Crippen LogP contribution in [0.25, 0.3) is 0 Å². The topological polar surface area (TPSA) is 29.9 Å². The van der Waals surface area contributed by atoms with Crippen LogP contribution in [0.3, 0.4) is 0 Å². The minimum atomic E-state index is 0.508. The molecule has 2 rings (SSSR count). The number of aryl methyl sites for hydroxylation is 1. The van der Waals surface area contributed by atoms with Gasteiger partial charge in [0.25, 0.3) is 0 Å². The maximum Gasteiger partial charge on any atom is 0.0556 e. The summed E-state index contributed by atoms with van der Waals surface area (Å²) in [6.07, 6.45) is 4.44. The molecule has 3 unspecified atom stereocenters. The van der Waals surface area contributed by atoms with Gasteiger partial charge < -0.3 is 5.32 Å². The molecule has 0 amide bonds. The van der Waals surface area contributed by atoms with E-state index in [9.17, 15) is 0 Å². The maximum absolute atomic E-state index is 4.42. The second kappa shape index (κ2) is 5.00. The number of hydrogen-bond acceptors (Lipinski definition) is 2. The Bertz CT molecular complexity index is 332. The molecular weight excluding hydrogens is 198 g/mol. The molecule has 1 heterocycles. The maximum atomic E-state index is 4.42. The van der Waals surface area contributed by atoms with Crippen molar-refractivity contribution in [3.8, 4) is 0 Å². The fourth-order valence-corrected chi connectivity index (χ4v) is 2.52. The predicted molar refractivity (Wildman–Crippen MR) is 66.2 cm³/mol. The highest BCUT2D eigenvalue weighted by molar-refractivity contribution is 5.12. The molecular formula is C13H23N3. The molecule has 0 aromatic carbocycles. The van der Waals surface area contributed by atoms with Crippen molar-refractivity contribution < 1.29 is 0 Å². The molecule has 16 heavy (non-hydrogen) atoms. The van der Waals surface area contributed by atoms with E-state index in [1.807, 2.05) is 6.20 Å². The first-order valence-electron chi connectivity index (χ1n) is 6.53. The molecule has 0 bridgehead atoms. The van der Waals surface area contributed by atoms with E-state index >= 15 is 0 Å². The molecule has 3 atom stereocenters. The van der Waals surface area contributed by atoms with Crippen molar-refractivity contribution in [2.75, 3.05) is 6.54 Å². The first-order chi connectivity index (χ1) is 7.77. The van der Waals surface area contributed by atoms with E-state index in [4.69, 9.17) is 0 Å². The van der Waals surface area contributed by atoms with E-state index < -0.39 is 0 Å². The predicted octanol–water partition coefficient (Wildman–Crippen LogP) is 2.60. The van der Waals surface area contributed by atoms with Crippen LogP contribution < -0.4 is 5.32 Å². The van der Waals surface area contributed by atoms with E-state index in [2.05, 4.69) is 41.9 Å². The van der Waals surface area contributed by atoms with Crippen LogP contribution in [0, 0.1) is 11.8 Å².